The number of hydrogen-bond donors (Lipinski definition) is 1. The van der Waals surface area contributed by atoms with Crippen LogP contribution in [0.3, 0.4) is 0 Å². The fourth-order valence-electron chi connectivity index (χ4n) is 1.61. The van der Waals surface area contributed by atoms with Crippen LogP contribution in [-0.4, -0.2) is 10.8 Å². The van der Waals surface area contributed by atoms with Crippen molar-refractivity contribution in [3.8, 4) is 0 Å². The van der Waals surface area contributed by atoms with Gasteiger partial charge in [0, 0.05) is 29.5 Å². The van der Waals surface area contributed by atoms with Gasteiger partial charge in [-0.3, -0.25) is 0 Å². The zero-order valence-corrected chi connectivity index (χ0v) is 10.4. The molecule has 0 aliphatic carbocycles. The lowest BCUT2D eigenvalue weighted by Gasteiger charge is -2.08. The second kappa shape index (κ2) is 5.12. The van der Waals surface area contributed by atoms with Gasteiger partial charge >= 0.3 is 0 Å². The molecule has 1 aromatic heterocycles. The molecule has 2 aromatic rings. The van der Waals surface area contributed by atoms with Crippen molar-refractivity contribution in [2.75, 3.05) is 11.6 Å². The van der Waals surface area contributed by atoms with Crippen molar-refractivity contribution in [1.29, 1.82) is 0 Å². The van der Waals surface area contributed by atoms with Gasteiger partial charge in [-0.25, -0.2) is 0 Å². The summed E-state index contributed by atoms with van der Waals surface area (Å²) in [5.74, 6) is 0. The number of rotatable bonds is 4. The van der Waals surface area contributed by atoms with E-state index in [-0.39, 0.29) is 0 Å². The zero-order chi connectivity index (χ0) is 11.4. The molecule has 84 valence electrons. The van der Waals surface area contributed by atoms with Crippen LogP contribution in [0.25, 0.3) is 0 Å². The van der Waals surface area contributed by atoms with Gasteiger partial charge in [0.1, 0.15) is 0 Å². The first-order valence-electron chi connectivity index (χ1n) is 5.28. The third-order valence-electron chi connectivity index (χ3n) is 2.59. The van der Waals surface area contributed by atoms with E-state index in [9.17, 15) is 0 Å². The highest BCUT2D eigenvalue weighted by atomic mass is 32.2. The SMILES string of the molecule is CSc1cccc(NCc2cccn2C)c1. The number of hydrogen-bond acceptors (Lipinski definition) is 2. The highest BCUT2D eigenvalue weighted by molar-refractivity contribution is 7.98. The minimum atomic E-state index is 0.862. The van der Waals surface area contributed by atoms with Crippen LogP contribution in [0.1, 0.15) is 5.69 Å². The molecule has 1 aromatic carbocycles. The van der Waals surface area contributed by atoms with E-state index in [1.807, 2.05) is 0 Å². The number of nitrogens with one attached hydrogen (secondary N) is 1. The first-order chi connectivity index (χ1) is 7.79. The normalized spacial score (nSPS) is 10.4. The largest absolute Gasteiger partial charge is 0.379 e. The molecule has 0 aliphatic rings. The van der Waals surface area contributed by atoms with E-state index < -0.39 is 0 Å². The Morgan fingerprint density at radius 1 is 1.25 bits per heavy atom. The second-order valence-corrected chi connectivity index (χ2v) is 4.58. The Labute approximate surface area is 101 Å². The summed E-state index contributed by atoms with van der Waals surface area (Å²) in [6.45, 7) is 0.862. The van der Waals surface area contributed by atoms with Crippen molar-refractivity contribution in [2.24, 2.45) is 7.05 Å². The van der Waals surface area contributed by atoms with Crippen LogP contribution >= 0.6 is 11.8 Å². The van der Waals surface area contributed by atoms with Gasteiger partial charge < -0.3 is 9.88 Å². The Kier molecular flexibility index (Phi) is 3.57. The van der Waals surface area contributed by atoms with Gasteiger partial charge in [-0.15, -0.1) is 11.8 Å². The van der Waals surface area contributed by atoms with E-state index in [1.165, 1.54) is 16.3 Å². The molecular weight excluding hydrogens is 216 g/mol. The predicted molar refractivity (Wildman–Crippen MR) is 71.0 cm³/mol. The third kappa shape index (κ3) is 2.61. The maximum absolute atomic E-state index is 3.43. The van der Waals surface area contributed by atoms with Crippen molar-refractivity contribution >= 4 is 17.4 Å². The van der Waals surface area contributed by atoms with Crippen molar-refractivity contribution in [3.05, 3.63) is 48.3 Å². The fraction of sp³-hybridized carbons (Fsp3) is 0.231. The standard InChI is InChI=1S/C13H16N2S/c1-15-8-4-6-12(15)10-14-11-5-3-7-13(9-11)16-2/h3-9,14H,10H2,1-2H3. The Morgan fingerprint density at radius 2 is 2.12 bits per heavy atom. The molecular formula is C13H16N2S. The molecule has 3 heteroatoms. The molecule has 2 rings (SSSR count). The molecule has 0 bridgehead atoms. The highest BCUT2D eigenvalue weighted by Gasteiger charge is 1.98. The van der Waals surface area contributed by atoms with E-state index in [1.54, 1.807) is 11.8 Å². The average molecular weight is 232 g/mol. The summed E-state index contributed by atoms with van der Waals surface area (Å²) in [5, 5.41) is 3.43. The number of aryl methyl sites for hydroxylation is 1. The number of anilines is 1. The molecule has 1 N–H and O–H groups in total. The van der Waals surface area contributed by atoms with Gasteiger partial charge in [0.05, 0.1) is 6.54 Å². The summed E-state index contributed by atoms with van der Waals surface area (Å²) in [7, 11) is 2.06. The summed E-state index contributed by atoms with van der Waals surface area (Å²) < 4.78 is 2.13. The fourth-order valence-corrected chi connectivity index (χ4v) is 2.07. The average Bonchev–Trinajstić information content (AvgIpc) is 2.72. The minimum absolute atomic E-state index is 0.862. The topological polar surface area (TPSA) is 17.0 Å². The molecule has 0 aliphatic heterocycles. The Balaban J connectivity index is 2.02. The molecule has 1 heterocycles. The lowest BCUT2D eigenvalue weighted by atomic mass is 10.3. The van der Waals surface area contributed by atoms with E-state index in [2.05, 4.69) is 65.8 Å². The van der Waals surface area contributed by atoms with Gasteiger partial charge in [-0.2, -0.15) is 0 Å². The first-order valence-corrected chi connectivity index (χ1v) is 6.50. The van der Waals surface area contributed by atoms with Gasteiger partial charge in [0.25, 0.3) is 0 Å². The van der Waals surface area contributed by atoms with Crippen molar-refractivity contribution in [2.45, 2.75) is 11.4 Å². The first kappa shape index (κ1) is 11.1. The molecule has 0 saturated carbocycles. The van der Waals surface area contributed by atoms with Crippen LogP contribution in [0.15, 0.2) is 47.5 Å². The summed E-state index contributed by atoms with van der Waals surface area (Å²) in [6, 6.07) is 12.7. The molecule has 0 unspecified atom stereocenters. The number of aromatic nitrogens is 1. The molecule has 2 nitrogen and oxygen atoms in total. The maximum atomic E-state index is 3.43. The number of benzene rings is 1. The van der Waals surface area contributed by atoms with Crippen LogP contribution in [0.5, 0.6) is 0 Å². The van der Waals surface area contributed by atoms with E-state index in [0.717, 1.165) is 6.54 Å². The van der Waals surface area contributed by atoms with Gasteiger partial charge in [-0.05, 0) is 36.6 Å². The Hall–Kier alpha value is -1.35. The zero-order valence-electron chi connectivity index (χ0n) is 9.60. The molecule has 0 amide bonds. The minimum Gasteiger partial charge on any atom is -0.379 e. The molecule has 0 radical (unpaired) electrons. The van der Waals surface area contributed by atoms with Crippen molar-refractivity contribution in [3.63, 3.8) is 0 Å². The number of thioether (sulfide) groups is 1. The van der Waals surface area contributed by atoms with Crippen molar-refractivity contribution < 1.29 is 0 Å². The summed E-state index contributed by atoms with van der Waals surface area (Å²) in [6.07, 6.45) is 4.16. The second-order valence-electron chi connectivity index (χ2n) is 3.70. The van der Waals surface area contributed by atoms with Crippen LogP contribution in [0, 0.1) is 0 Å². The third-order valence-corrected chi connectivity index (χ3v) is 3.32. The van der Waals surface area contributed by atoms with Crippen LogP contribution in [0.2, 0.25) is 0 Å². The lowest BCUT2D eigenvalue weighted by molar-refractivity contribution is 0.842. The molecule has 16 heavy (non-hydrogen) atoms. The Morgan fingerprint density at radius 3 is 2.81 bits per heavy atom. The van der Waals surface area contributed by atoms with E-state index in [0.29, 0.717) is 0 Å². The van der Waals surface area contributed by atoms with Crippen LogP contribution < -0.4 is 5.32 Å². The summed E-state index contributed by atoms with van der Waals surface area (Å²) in [4.78, 5) is 1.29. The Bertz CT molecular complexity index is 462. The molecule has 0 saturated heterocycles. The molecule has 0 spiro atoms. The maximum Gasteiger partial charge on any atom is 0.0553 e. The predicted octanol–water partition coefficient (Wildman–Crippen LogP) is 3.36. The highest BCUT2D eigenvalue weighted by Crippen LogP contribution is 2.19. The monoisotopic (exact) mass is 232 g/mol. The summed E-state index contributed by atoms with van der Waals surface area (Å²) in [5.41, 5.74) is 2.46. The quantitative estimate of drug-likeness (QED) is 0.814. The van der Waals surface area contributed by atoms with Gasteiger partial charge in [0.2, 0.25) is 0 Å². The van der Waals surface area contributed by atoms with Crippen LogP contribution in [0.4, 0.5) is 5.69 Å². The van der Waals surface area contributed by atoms with Crippen LogP contribution in [-0.2, 0) is 13.6 Å². The van der Waals surface area contributed by atoms with E-state index >= 15 is 0 Å². The van der Waals surface area contributed by atoms with E-state index in [4.69, 9.17) is 0 Å². The lowest BCUT2D eigenvalue weighted by Crippen LogP contribution is -2.03. The smallest absolute Gasteiger partial charge is 0.0553 e. The van der Waals surface area contributed by atoms with Gasteiger partial charge in [-0.1, -0.05) is 6.07 Å². The molecule has 0 atom stereocenters. The van der Waals surface area contributed by atoms with Gasteiger partial charge in [0.15, 0.2) is 0 Å². The number of nitrogens with zero attached hydrogens (tertiary/aromatic N) is 1. The van der Waals surface area contributed by atoms with Crippen molar-refractivity contribution in [1.82, 2.24) is 4.57 Å². The molecule has 0 fully saturated rings. The summed E-state index contributed by atoms with van der Waals surface area (Å²) >= 11 is 1.76.